The molecule has 1 fully saturated rings. The van der Waals surface area contributed by atoms with Crippen LogP contribution < -0.4 is 5.32 Å². The summed E-state index contributed by atoms with van der Waals surface area (Å²) in [6.07, 6.45) is -1.13. The summed E-state index contributed by atoms with van der Waals surface area (Å²) in [5, 5.41) is 3.19. The van der Waals surface area contributed by atoms with E-state index >= 15 is 0 Å². The minimum absolute atomic E-state index is 0.0836. The second-order valence-corrected chi connectivity index (χ2v) is 5.81. The maximum atomic E-state index is 12.7. The number of alkyl halides is 3. The third kappa shape index (κ3) is 3.19. The number of hydrogen-bond acceptors (Lipinski definition) is 1. The smallest absolute Gasteiger partial charge is 0.382 e. The molecule has 0 saturated heterocycles. The third-order valence-electron chi connectivity index (χ3n) is 3.34. The number of rotatable bonds is 2. The van der Waals surface area contributed by atoms with Crippen molar-refractivity contribution in [2.75, 3.05) is 5.32 Å². The minimum atomic E-state index is -4.32. The van der Waals surface area contributed by atoms with E-state index in [4.69, 9.17) is 0 Å². The molecule has 18 heavy (non-hydrogen) atoms. The molecular formula is C13H15BrF3N. The molecule has 1 aromatic carbocycles. The molecule has 2 unspecified atom stereocenters. The fourth-order valence-electron chi connectivity index (χ4n) is 2.41. The highest BCUT2D eigenvalue weighted by atomic mass is 79.9. The van der Waals surface area contributed by atoms with E-state index in [1.807, 2.05) is 0 Å². The SMILES string of the molecule is CC1CCC(Nc2ccc(Br)c(C(F)(F)F)c2)C1. The first-order chi connectivity index (χ1) is 8.36. The molecule has 0 amide bonds. The molecular weight excluding hydrogens is 307 g/mol. The van der Waals surface area contributed by atoms with Gasteiger partial charge in [0.1, 0.15) is 0 Å². The zero-order valence-corrected chi connectivity index (χ0v) is 11.6. The predicted octanol–water partition coefficient (Wildman–Crippen LogP) is 5.07. The molecule has 1 saturated carbocycles. The normalized spacial score (nSPS) is 24.3. The van der Waals surface area contributed by atoms with E-state index in [-0.39, 0.29) is 4.47 Å². The third-order valence-corrected chi connectivity index (χ3v) is 4.03. The minimum Gasteiger partial charge on any atom is -0.382 e. The molecule has 0 spiro atoms. The molecule has 100 valence electrons. The van der Waals surface area contributed by atoms with Crippen LogP contribution in [0.3, 0.4) is 0 Å². The number of anilines is 1. The topological polar surface area (TPSA) is 12.0 Å². The van der Waals surface area contributed by atoms with Crippen LogP contribution in [-0.4, -0.2) is 6.04 Å². The van der Waals surface area contributed by atoms with E-state index in [0.717, 1.165) is 19.3 Å². The van der Waals surface area contributed by atoms with Crippen molar-refractivity contribution in [1.82, 2.24) is 0 Å². The Bertz CT molecular complexity index is 431. The van der Waals surface area contributed by atoms with Gasteiger partial charge in [-0.3, -0.25) is 0 Å². The maximum absolute atomic E-state index is 12.7. The van der Waals surface area contributed by atoms with Crippen molar-refractivity contribution in [2.45, 2.75) is 38.4 Å². The molecule has 1 N–H and O–H groups in total. The average molecular weight is 322 g/mol. The van der Waals surface area contributed by atoms with Gasteiger partial charge in [-0.15, -0.1) is 0 Å². The first-order valence-electron chi connectivity index (χ1n) is 5.99. The van der Waals surface area contributed by atoms with Crippen LogP contribution in [0.2, 0.25) is 0 Å². The van der Waals surface area contributed by atoms with Gasteiger partial charge < -0.3 is 5.32 Å². The summed E-state index contributed by atoms with van der Waals surface area (Å²) in [6, 6.07) is 4.60. The molecule has 0 heterocycles. The largest absolute Gasteiger partial charge is 0.417 e. The van der Waals surface area contributed by atoms with Crippen molar-refractivity contribution in [3.8, 4) is 0 Å². The summed E-state index contributed by atoms with van der Waals surface area (Å²) < 4.78 is 38.3. The van der Waals surface area contributed by atoms with Crippen LogP contribution in [0.4, 0.5) is 18.9 Å². The van der Waals surface area contributed by atoms with Gasteiger partial charge in [-0.1, -0.05) is 22.9 Å². The number of halogens is 4. The van der Waals surface area contributed by atoms with E-state index in [1.165, 1.54) is 12.1 Å². The van der Waals surface area contributed by atoms with E-state index in [2.05, 4.69) is 28.2 Å². The molecule has 5 heteroatoms. The molecule has 1 aliphatic rings. The first kappa shape index (κ1) is 13.7. The lowest BCUT2D eigenvalue weighted by Gasteiger charge is -2.16. The van der Waals surface area contributed by atoms with Gasteiger partial charge in [-0.2, -0.15) is 13.2 Å². The predicted molar refractivity (Wildman–Crippen MR) is 69.6 cm³/mol. The van der Waals surface area contributed by atoms with E-state index in [1.54, 1.807) is 6.07 Å². The van der Waals surface area contributed by atoms with Crippen LogP contribution >= 0.6 is 15.9 Å². The van der Waals surface area contributed by atoms with Crippen molar-refractivity contribution in [3.05, 3.63) is 28.2 Å². The number of benzene rings is 1. The van der Waals surface area contributed by atoms with Gasteiger partial charge in [0.05, 0.1) is 5.56 Å². The summed E-state index contributed by atoms with van der Waals surface area (Å²) >= 11 is 2.94. The van der Waals surface area contributed by atoms with Crippen LogP contribution in [0.1, 0.15) is 31.7 Å². The highest BCUT2D eigenvalue weighted by molar-refractivity contribution is 9.10. The molecule has 0 radical (unpaired) electrons. The fourth-order valence-corrected chi connectivity index (χ4v) is 2.88. The van der Waals surface area contributed by atoms with E-state index < -0.39 is 11.7 Å². The first-order valence-corrected chi connectivity index (χ1v) is 6.79. The molecule has 1 aromatic rings. The molecule has 1 aliphatic carbocycles. The Balaban J connectivity index is 2.15. The Morgan fingerprint density at radius 3 is 2.56 bits per heavy atom. The lowest BCUT2D eigenvalue weighted by atomic mass is 10.1. The van der Waals surface area contributed by atoms with Crippen molar-refractivity contribution >= 4 is 21.6 Å². The Hall–Kier alpha value is -0.710. The van der Waals surface area contributed by atoms with Gasteiger partial charge in [-0.05, 0) is 43.4 Å². The van der Waals surface area contributed by atoms with Crippen molar-refractivity contribution < 1.29 is 13.2 Å². The maximum Gasteiger partial charge on any atom is 0.417 e. The summed E-state index contributed by atoms with van der Waals surface area (Å²) in [7, 11) is 0. The Kier molecular flexibility index (Phi) is 3.90. The van der Waals surface area contributed by atoms with Gasteiger partial charge in [0.25, 0.3) is 0 Å². The molecule has 0 aliphatic heterocycles. The van der Waals surface area contributed by atoms with Gasteiger partial charge >= 0.3 is 6.18 Å². The van der Waals surface area contributed by atoms with Crippen molar-refractivity contribution in [2.24, 2.45) is 5.92 Å². The zero-order chi connectivity index (χ0) is 13.3. The van der Waals surface area contributed by atoms with Gasteiger partial charge in [0.2, 0.25) is 0 Å². The molecule has 2 rings (SSSR count). The number of hydrogen-bond donors (Lipinski definition) is 1. The summed E-state index contributed by atoms with van der Waals surface area (Å²) in [5.74, 6) is 0.653. The van der Waals surface area contributed by atoms with Gasteiger partial charge in [0, 0.05) is 16.2 Å². The lowest BCUT2D eigenvalue weighted by Crippen LogP contribution is -2.16. The standard InChI is InChI=1S/C13H15BrF3N/c1-8-2-3-9(6-8)18-10-4-5-12(14)11(7-10)13(15,16)17/h4-5,7-9,18H,2-3,6H2,1H3. The highest BCUT2D eigenvalue weighted by Crippen LogP contribution is 2.37. The number of nitrogens with one attached hydrogen (secondary N) is 1. The second-order valence-electron chi connectivity index (χ2n) is 4.95. The van der Waals surface area contributed by atoms with Crippen LogP contribution in [0.5, 0.6) is 0 Å². The fraction of sp³-hybridized carbons (Fsp3) is 0.538. The van der Waals surface area contributed by atoms with E-state index in [9.17, 15) is 13.2 Å². The van der Waals surface area contributed by atoms with Crippen LogP contribution in [0.15, 0.2) is 22.7 Å². The van der Waals surface area contributed by atoms with Crippen molar-refractivity contribution in [3.63, 3.8) is 0 Å². The molecule has 0 aromatic heterocycles. The second kappa shape index (κ2) is 5.11. The van der Waals surface area contributed by atoms with Crippen LogP contribution in [0.25, 0.3) is 0 Å². The highest BCUT2D eigenvalue weighted by Gasteiger charge is 2.33. The van der Waals surface area contributed by atoms with Crippen molar-refractivity contribution in [1.29, 1.82) is 0 Å². The van der Waals surface area contributed by atoms with E-state index in [0.29, 0.717) is 17.6 Å². The van der Waals surface area contributed by atoms with Gasteiger partial charge in [-0.25, -0.2) is 0 Å². The van der Waals surface area contributed by atoms with Gasteiger partial charge in [0.15, 0.2) is 0 Å². The monoisotopic (exact) mass is 321 g/mol. The van der Waals surface area contributed by atoms with Crippen LogP contribution in [0, 0.1) is 5.92 Å². The zero-order valence-electron chi connectivity index (χ0n) is 10.0. The quantitative estimate of drug-likeness (QED) is 0.802. The molecule has 1 nitrogen and oxygen atoms in total. The summed E-state index contributed by atoms with van der Waals surface area (Å²) in [5.41, 5.74) is -0.0804. The Labute approximate surface area is 113 Å². The summed E-state index contributed by atoms with van der Waals surface area (Å²) in [6.45, 7) is 2.17. The van der Waals surface area contributed by atoms with Crippen LogP contribution in [-0.2, 0) is 6.18 Å². The Morgan fingerprint density at radius 1 is 1.28 bits per heavy atom. The molecule has 2 atom stereocenters. The Morgan fingerprint density at radius 2 is 2.00 bits per heavy atom. The molecule has 0 bridgehead atoms. The average Bonchev–Trinajstić information content (AvgIpc) is 2.65. The summed E-state index contributed by atoms with van der Waals surface area (Å²) in [4.78, 5) is 0. The lowest BCUT2D eigenvalue weighted by molar-refractivity contribution is -0.138.